The van der Waals surface area contributed by atoms with Gasteiger partial charge >= 0.3 is 0 Å². The van der Waals surface area contributed by atoms with E-state index in [1.165, 1.54) is 12.1 Å². The summed E-state index contributed by atoms with van der Waals surface area (Å²) in [5.74, 6) is -1.05. The molecule has 0 radical (unpaired) electrons. The number of hydrogen-bond acceptors (Lipinski definition) is 3. The Morgan fingerprint density at radius 2 is 2.21 bits per heavy atom. The lowest BCUT2D eigenvalue weighted by atomic mass is 9.67. The molecule has 0 unspecified atom stereocenters. The van der Waals surface area contributed by atoms with Crippen LogP contribution in [-0.2, 0) is 4.79 Å². The second-order valence-corrected chi connectivity index (χ2v) is 4.91. The number of carbonyl (C=O) groups is 1. The van der Waals surface area contributed by atoms with E-state index in [4.69, 9.17) is 22.5 Å². The van der Waals surface area contributed by atoms with Crippen LogP contribution in [0, 0.1) is 11.2 Å². The van der Waals surface area contributed by atoms with Gasteiger partial charge in [0.15, 0.2) is 5.84 Å². The Morgan fingerprint density at radius 1 is 1.53 bits per heavy atom. The summed E-state index contributed by atoms with van der Waals surface area (Å²) in [5.41, 5.74) is 4.97. The van der Waals surface area contributed by atoms with Crippen LogP contribution in [0.25, 0.3) is 0 Å². The summed E-state index contributed by atoms with van der Waals surface area (Å²) in [6, 6.07) is 3.88. The largest absolute Gasteiger partial charge is 0.409 e. The summed E-state index contributed by atoms with van der Waals surface area (Å²) < 4.78 is 13.0. The third-order valence-corrected chi connectivity index (χ3v) is 3.71. The SMILES string of the molecule is N/C(=N/O)C1(C(=O)Nc2ccc(F)c(Cl)c2)CCC1. The van der Waals surface area contributed by atoms with E-state index in [1.807, 2.05) is 0 Å². The van der Waals surface area contributed by atoms with Gasteiger partial charge in [0.2, 0.25) is 5.91 Å². The van der Waals surface area contributed by atoms with Gasteiger partial charge in [-0.25, -0.2) is 4.39 Å². The van der Waals surface area contributed by atoms with E-state index in [2.05, 4.69) is 10.5 Å². The Morgan fingerprint density at radius 3 is 2.68 bits per heavy atom. The zero-order valence-electron chi connectivity index (χ0n) is 9.99. The molecule has 1 aliphatic rings. The van der Waals surface area contributed by atoms with Crippen molar-refractivity contribution in [3.8, 4) is 0 Å². The number of nitrogens with zero attached hydrogens (tertiary/aromatic N) is 1. The van der Waals surface area contributed by atoms with E-state index in [0.717, 1.165) is 12.5 Å². The molecule has 0 bridgehead atoms. The first-order valence-electron chi connectivity index (χ1n) is 5.74. The zero-order valence-corrected chi connectivity index (χ0v) is 10.7. The molecule has 4 N–H and O–H groups in total. The quantitative estimate of drug-likeness (QED) is 0.345. The Kier molecular flexibility index (Phi) is 3.61. The van der Waals surface area contributed by atoms with Crippen molar-refractivity contribution in [3.05, 3.63) is 29.0 Å². The fourth-order valence-electron chi connectivity index (χ4n) is 2.05. The molecule has 0 atom stereocenters. The molecule has 1 aromatic rings. The van der Waals surface area contributed by atoms with Crippen LogP contribution in [0.3, 0.4) is 0 Å². The fraction of sp³-hybridized carbons (Fsp3) is 0.333. The number of amides is 1. The molecule has 0 aliphatic heterocycles. The Labute approximate surface area is 114 Å². The third kappa shape index (κ3) is 2.35. The number of rotatable bonds is 3. The van der Waals surface area contributed by atoms with Crippen molar-refractivity contribution in [2.75, 3.05) is 5.32 Å². The molecule has 7 heteroatoms. The van der Waals surface area contributed by atoms with Crippen LogP contribution in [0.4, 0.5) is 10.1 Å². The van der Waals surface area contributed by atoms with E-state index >= 15 is 0 Å². The fourth-order valence-corrected chi connectivity index (χ4v) is 2.23. The minimum atomic E-state index is -0.977. The van der Waals surface area contributed by atoms with Crippen molar-refractivity contribution in [3.63, 3.8) is 0 Å². The maximum atomic E-state index is 13.0. The molecule has 2 rings (SSSR count). The van der Waals surface area contributed by atoms with Gasteiger partial charge in [-0.3, -0.25) is 4.79 Å². The summed E-state index contributed by atoms with van der Waals surface area (Å²) in [7, 11) is 0. The zero-order chi connectivity index (χ0) is 14.0. The maximum absolute atomic E-state index is 13.0. The number of benzene rings is 1. The highest BCUT2D eigenvalue weighted by Crippen LogP contribution is 2.42. The first-order valence-corrected chi connectivity index (χ1v) is 6.12. The molecular weight excluding hydrogens is 273 g/mol. The van der Waals surface area contributed by atoms with E-state index in [0.29, 0.717) is 18.5 Å². The number of halogens is 2. The standard InChI is InChI=1S/C12H13ClFN3O2/c13-8-6-7(2-3-9(8)14)16-11(18)12(4-1-5-12)10(15)17-19/h2-3,6,19H,1,4-5H2,(H2,15,17)(H,16,18). The van der Waals surface area contributed by atoms with Crippen LogP contribution in [0.1, 0.15) is 19.3 Å². The van der Waals surface area contributed by atoms with Crippen LogP contribution in [0.15, 0.2) is 23.4 Å². The predicted molar refractivity (Wildman–Crippen MR) is 69.7 cm³/mol. The summed E-state index contributed by atoms with van der Waals surface area (Å²) in [5, 5.41) is 14.2. The third-order valence-electron chi connectivity index (χ3n) is 3.42. The van der Waals surface area contributed by atoms with E-state index in [1.54, 1.807) is 0 Å². The molecule has 19 heavy (non-hydrogen) atoms. The second-order valence-electron chi connectivity index (χ2n) is 4.50. The van der Waals surface area contributed by atoms with Crippen LogP contribution in [0.2, 0.25) is 5.02 Å². The maximum Gasteiger partial charge on any atom is 0.238 e. The molecule has 5 nitrogen and oxygen atoms in total. The number of amidine groups is 1. The second kappa shape index (κ2) is 5.05. The molecule has 1 aromatic carbocycles. The number of hydrogen-bond donors (Lipinski definition) is 3. The molecule has 1 saturated carbocycles. The van der Waals surface area contributed by atoms with Crippen molar-refractivity contribution in [1.82, 2.24) is 0 Å². The van der Waals surface area contributed by atoms with Crippen LogP contribution < -0.4 is 11.1 Å². The number of nitrogens with two attached hydrogens (primary N) is 1. The Hall–Kier alpha value is -1.82. The van der Waals surface area contributed by atoms with Gasteiger partial charge in [0.25, 0.3) is 0 Å². The first kappa shape index (κ1) is 13.6. The average Bonchev–Trinajstić information content (AvgIpc) is 2.32. The van der Waals surface area contributed by atoms with Crippen molar-refractivity contribution in [2.45, 2.75) is 19.3 Å². The van der Waals surface area contributed by atoms with Crippen molar-refractivity contribution < 1.29 is 14.4 Å². The van der Waals surface area contributed by atoms with Crippen molar-refractivity contribution in [1.29, 1.82) is 0 Å². The lowest BCUT2D eigenvalue weighted by molar-refractivity contribution is -0.125. The smallest absolute Gasteiger partial charge is 0.238 e. The van der Waals surface area contributed by atoms with Gasteiger partial charge in [-0.1, -0.05) is 23.2 Å². The predicted octanol–water partition coefficient (Wildman–Crippen LogP) is 2.33. The summed E-state index contributed by atoms with van der Waals surface area (Å²) in [6.45, 7) is 0. The van der Waals surface area contributed by atoms with Crippen molar-refractivity contribution >= 4 is 29.0 Å². The normalized spacial score (nSPS) is 17.7. The molecule has 0 spiro atoms. The number of oxime groups is 1. The average molecular weight is 286 g/mol. The summed E-state index contributed by atoms with van der Waals surface area (Å²) in [6.07, 6.45) is 1.86. The van der Waals surface area contributed by atoms with Crippen LogP contribution in [-0.4, -0.2) is 17.0 Å². The van der Waals surface area contributed by atoms with E-state index < -0.39 is 11.2 Å². The summed E-state index contributed by atoms with van der Waals surface area (Å²) >= 11 is 5.63. The molecule has 1 fully saturated rings. The lowest BCUT2D eigenvalue weighted by Crippen LogP contribution is -2.51. The minimum Gasteiger partial charge on any atom is -0.409 e. The van der Waals surface area contributed by atoms with Gasteiger partial charge in [-0.15, -0.1) is 0 Å². The van der Waals surface area contributed by atoms with Gasteiger partial charge in [-0.2, -0.15) is 0 Å². The molecule has 0 saturated heterocycles. The highest BCUT2D eigenvalue weighted by molar-refractivity contribution is 6.31. The molecular formula is C12H13ClFN3O2. The molecule has 0 heterocycles. The van der Waals surface area contributed by atoms with Crippen molar-refractivity contribution in [2.24, 2.45) is 16.3 Å². The van der Waals surface area contributed by atoms with Gasteiger partial charge in [0.05, 0.1) is 5.02 Å². The van der Waals surface area contributed by atoms with Gasteiger partial charge in [0, 0.05) is 5.69 Å². The Balaban J connectivity index is 2.18. The highest BCUT2D eigenvalue weighted by Gasteiger charge is 2.48. The van der Waals surface area contributed by atoms with Gasteiger partial charge in [0.1, 0.15) is 11.2 Å². The number of nitrogens with one attached hydrogen (secondary N) is 1. The van der Waals surface area contributed by atoms with Crippen LogP contribution >= 0.6 is 11.6 Å². The van der Waals surface area contributed by atoms with E-state index in [-0.39, 0.29) is 16.8 Å². The monoisotopic (exact) mass is 285 g/mol. The van der Waals surface area contributed by atoms with Crippen LogP contribution in [0.5, 0.6) is 0 Å². The molecule has 1 aliphatic carbocycles. The topological polar surface area (TPSA) is 87.7 Å². The van der Waals surface area contributed by atoms with Gasteiger partial charge in [-0.05, 0) is 31.0 Å². The molecule has 102 valence electrons. The lowest BCUT2D eigenvalue weighted by Gasteiger charge is -2.38. The highest BCUT2D eigenvalue weighted by atomic mass is 35.5. The molecule has 1 amide bonds. The number of anilines is 1. The Bertz CT molecular complexity index is 544. The van der Waals surface area contributed by atoms with Gasteiger partial charge < -0.3 is 16.3 Å². The van der Waals surface area contributed by atoms with E-state index in [9.17, 15) is 9.18 Å². The molecule has 0 aromatic heterocycles. The number of carbonyl (C=O) groups excluding carboxylic acids is 1. The summed E-state index contributed by atoms with van der Waals surface area (Å²) in [4.78, 5) is 12.2. The minimum absolute atomic E-state index is 0.0794. The first-order chi connectivity index (χ1) is 8.99.